The van der Waals surface area contributed by atoms with Gasteiger partial charge in [0.05, 0.1) is 6.42 Å². The zero-order valence-corrected chi connectivity index (χ0v) is 12.0. The van der Waals surface area contributed by atoms with Crippen LogP contribution in [-0.2, 0) is 11.2 Å². The molecule has 0 saturated heterocycles. The Morgan fingerprint density at radius 3 is 2.53 bits per heavy atom. The molecular formula is C16H18ClNO. The van der Waals surface area contributed by atoms with E-state index in [0.717, 1.165) is 10.9 Å². The fraction of sp³-hybridized carbons (Fsp3) is 0.312. The van der Waals surface area contributed by atoms with E-state index in [4.69, 9.17) is 11.6 Å². The number of fused-ring (bicyclic) bond motifs is 1. The topological polar surface area (TPSA) is 29.1 Å². The second kappa shape index (κ2) is 5.62. The van der Waals surface area contributed by atoms with Crippen LogP contribution in [0.5, 0.6) is 0 Å². The van der Waals surface area contributed by atoms with Crippen LogP contribution < -0.4 is 5.32 Å². The molecule has 0 bridgehead atoms. The number of carbonyl (C=O) groups is 1. The van der Waals surface area contributed by atoms with Gasteiger partial charge in [-0.05, 0) is 30.2 Å². The van der Waals surface area contributed by atoms with Crippen molar-refractivity contribution < 1.29 is 4.79 Å². The number of halogens is 1. The van der Waals surface area contributed by atoms with Crippen molar-refractivity contribution in [3.05, 3.63) is 48.0 Å². The minimum atomic E-state index is -0.366. The molecule has 0 heterocycles. The van der Waals surface area contributed by atoms with E-state index in [1.165, 1.54) is 5.39 Å². The number of nitrogens with one attached hydrogen (secondary N) is 1. The number of hydrogen-bond donors (Lipinski definition) is 1. The number of benzene rings is 2. The third-order valence-electron chi connectivity index (χ3n) is 2.99. The lowest BCUT2D eigenvalue weighted by Gasteiger charge is -2.23. The van der Waals surface area contributed by atoms with Gasteiger partial charge < -0.3 is 5.32 Å². The van der Waals surface area contributed by atoms with Crippen LogP contribution in [-0.4, -0.2) is 17.3 Å². The maximum atomic E-state index is 12.0. The predicted octanol–water partition coefficient (Wildman–Crippen LogP) is 3.52. The SMILES string of the molecule is CC(C)(CCl)NC(=O)Cc1ccc2ccccc2c1. The summed E-state index contributed by atoms with van der Waals surface area (Å²) in [6.07, 6.45) is 0.380. The Balaban J connectivity index is 2.11. The van der Waals surface area contributed by atoms with Crippen molar-refractivity contribution in [1.29, 1.82) is 0 Å². The molecule has 0 spiro atoms. The van der Waals surface area contributed by atoms with Crippen LogP contribution >= 0.6 is 11.6 Å². The minimum Gasteiger partial charge on any atom is -0.350 e. The normalized spacial score (nSPS) is 11.5. The summed E-state index contributed by atoms with van der Waals surface area (Å²) < 4.78 is 0. The average Bonchev–Trinajstić information content (AvgIpc) is 2.38. The van der Waals surface area contributed by atoms with Crippen molar-refractivity contribution in [2.75, 3.05) is 5.88 Å². The highest BCUT2D eigenvalue weighted by Crippen LogP contribution is 2.16. The standard InChI is InChI=1S/C16H18ClNO/c1-16(2,11-17)18-15(19)10-12-7-8-13-5-3-4-6-14(13)9-12/h3-9H,10-11H2,1-2H3,(H,18,19). The first-order valence-electron chi connectivity index (χ1n) is 6.35. The Morgan fingerprint density at radius 2 is 1.84 bits per heavy atom. The maximum Gasteiger partial charge on any atom is 0.224 e. The molecule has 0 radical (unpaired) electrons. The van der Waals surface area contributed by atoms with Crippen molar-refractivity contribution >= 4 is 28.3 Å². The first-order chi connectivity index (χ1) is 9.00. The Labute approximate surface area is 118 Å². The summed E-state index contributed by atoms with van der Waals surface area (Å²) in [5, 5.41) is 5.28. The summed E-state index contributed by atoms with van der Waals surface area (Å²) in [5.41, 5.74) is 0.650. The third-order valence-corrected chi connectivity index (χ3v) is 3.66. The van der Waals surface area contributed by atoms with Gasteiger partial charge in [-0.15, -0.1) is 11.6 Å². The second-order valence-electron chi connectivity index (χ2n) is 5.42. The molecule has 0 saturated carbocycles. The third kappa shape index (κ3) is 3.71. The van der Waals surface area contributed by atoms with Crippen molar-refractivity contribution in [3.8, 4) is 0 Å². The summed E-state index contributed by atoms with van der Waals surface area (Å²) in [7, 11) is 0. The van der Waals surface area contributed by atoms with Gasteiger partial charge in [0.1, 0.15) is 0 Å². The highest BCUT2D eigenvalue weighted by Gasteiger charge is 2.18. The maximum absolute atomic E-state index is 12.0. The lowest BCUT2D eigenvalue weighted by molar-refractivity contribution is -0.121. The van der Waals surface area contributed by atoms with Crippen LogP contribution in [0.1, 0.15) is 19.4 Å². The fourth-order valence-electron chi connectivity index (χ4n) is 1.99. The van der Waals surface area contributed by atoms with Gasteiger partial charge in [-0.25, -0.2) is 0 Å². The quantitative estimate of drug-likeness (QED) is 0.850. The molecule has 0 unspecified atom stereocenters. The minimum absolute atomic E-state index is 0.000862. The molecule has 3 heteroatoms. The van der Waals surface area contributed by atoms with Gasteiger partial charge in [-0.2, -0.15) is 0 Å². The van der Waals surface area contributed by atoms with E-state index >= 15 is 0 Å². The predicted molar refractivity (Wildman–Crippen MR) is 80.6 cm³/mol. The van der Waals surface area contributed by atoms with Crippen molar-refractivity contribution in [2.24, 2.45) is 0 Å². The largest absolute Gasteiger partial charge is 0.350 e. The molecule has 0 aliphatic rings. The van der Waals surface area contributed by atoms with E-state index < -0.39 is 0 Å². The molecule has 0 aromatic heterocycles. The van der Waals surface area contributed by atoms with E-state index in [1.807, 2.05) is 38.1 Å². The summed E-state index contributed by atoms with van der Waals surface area (Å²) in [6, 6.07) is 14.2. The van der Waals surface area contributed by atoms with E-state index in [2.05, 4.69) is 23.5 Å². The van der Waals surface area contributed by atoms with Crippen LogP contribution in [0.15, 0.2) is 42.5 Å². The van der Waals surface area contributed by atoms with E-state index in [1.54, 1.807) is 0 Å². The summed E-state index contributed by atoms with van der Waals surface area (Å²) in [5.74, 6) is 0.400. The van der Waals surface area contributed by atoms with Crippen LogP contribution in [0, 0.1) is 0 Å². The Morgan fingerprint density at radius 1 is 1.16 bits per heavy atom. The molecular weight excluding hydrogens is 258 g/mol. The van der Waals surface area contributed by atoms with Crippen molar-refractivity contribution in [1.82, 2.24) is 5.32 Å². The van der Waals surface area contributed by atoms with Crippen molar-refractivity contribution in [2.45, 2.75) is 25.8 Å². The molecule has 0 aliphatic carbocycles. The number of hydrogen-bond acceptors (Lipinski definition) is 1. The summed E-state index contributed by atoms with van der Waals surface area (Å²) in [4.78, 5) is 12.0. The number of alkyl halides is 1. The zero-order valence-electron chi connectivity index (χ0n) is 11.2. The Hall–Kier alpha value is -1.54. The fourth-order valence-corrected chi connectivity index (χ4v) is 2.06. The highest BCUT2D eigenvalue weighted by atomic mass is 35.5. The van der Waals surface area contributed by atoms with Crippen LogP contribution in [0.25, 0.3) is 10.8 Å². The average molecular weight is 276 g/mol. The lowest BCUT2D eigenvalue weighted by Crippen LogP contribution is -2.45. The molecule has 1 N–H and O–H groups in total. The van der Waals surface area contributed by atoms with E-state index in [-0.39, 0.29) is 11.4 Å². The molecule has 2 aromatic carbocycles. The molecule has 2 aromatic rings. The van der Waals surface area contributed by atoms with E-state index in [9.17, 15) is 4.79 Å². The smallest absolute Gasteiger partial charge is 0.224 e. The van der Waals surface area contributed by atoms with Gasteiger partial charge in [0.25, 0.3) is 0 Å². The Kier molecular flexibility index (Phi) is 4.11. The number of carbonyl (C=O) groups excluding carboxylic acids is 1. The van der Waals surface area contributed by atoms with Gasteiger partial charge >= 0.3 is 0 Å². The second-order valence-corrected chi connectivity index (χ2v) is 5.69. The monoisotopic (exact) mass is 275 g/mol. The van der Waals surface area contributed by atoms with Crippen LogP contribution in [0.3, 0.4) is 0 Å². The van der Waals surface area contributed by atoms with Crippen LogP contribution in [0.2, 0.25) is 0 Å². The Bertz CT molecular complexity index is 592. The molecule has 1 amide bonds. The highest BCUT2D eigenvalue weighted by molar-refractivity contribution is 6.18. The molecule has 0 atom stereocenters. The molecule has 0 fully saturated rings. The summed E-state index contributed by atoms with van der Waals surface area (Å²) in [6.45, 7) is 3.83. The van der Waals surface area contributed by atoms with Gasteiger partial charge in [0.15, 0.2) is 0 Å². The van der Waals surface area contributed by atoms with Gasteiger partial charge in [0, 0.05) is 11.4 Å². The molecule has 0 aliphatic heterocycles. The molecule has 100 valence electrons. The molecule has 2 rings (SSSR count). The molecule has 19 heavy (non-hydrogen) atoms. The van der Waals surface area contributed by atoms with Gasteiger partial charge in [-0.3, -0.25) is 4.79 Å². The lowest BCUT2D eigenvalue weighted by atomic mass is 10.0. The first kappa shape index (κ1) is 13.9. The summed E-state index contributed by atoms with van der Waals surface area (Å²) >= 11 is 5.80. The van der Waals surface area contributed by atoms with Gasteiger partial charge in [0.2, 0.25) is 5.91 Å². The zero-order chi connectivity index (χ0) is 13.9. The van der Waals surface area contributed by atoms with E-state index in [0.29, 0.717) is 12.3 Å². The number of amides is 1. The van der Waals surface area contributed by atoms with Gasteiger partial charge in [-0.1, -0.05) is 42.5 Å². The first-order valence-corrected chi connectivity index (χ1v) is 6.88. The molecule has 2 nitrogen and oxygen atoms in total. The van der Waals surface area contributed by atoms with Crippen LogP contribution in [0.4, 0.5) is 0 Å². The number of rotatable bonds is 4. The van der Waals surface area contributed by atoms with Crippen molar-refractivity contribution in [3.63, 3.8) is 0 Å².